The first-order valence-corrected chi connectivity index (χ1v) is 6.44. The van der Waals surface area contributed by atoms with Gasteiger partial charge in [-0.2, -0.15) is 0 Å². The van der Waals surface area contributed by atoms with Crippen LogP contribution in [-0.4, -0.2) is 15.3 Å². The van der Waals surface area contributed by atoms with Crippen LogP contribution in [0.15, 0.2) is 33.5 Å². The molecule has 1 heterocycles. The SMILES string of the molecule is O=c1c(O)c(C2CC=CCC2)oc2cc(O)cc(O)c12. The third-order valence-corrected chi connectivity index (χ3v) is 3.60. The van der Waals surface area contributed by atoms with E-state index in [9.17, 15) is 20.1 Å². The summed E-state index contributed by atoms with van der Waals surface area (Å²) in [5, 5.41) is 29.1. The fraction of sp³-hybridized carbons (Fsp3) is 0.267. The van der Waals surface area contributed by atoms with Gasteiger partial charge in [0.05, 0.1) is 0 Å². The van der Waals surface area contributed by atoms with Crippen molar-refractivity contribution < 1.29 is 19.7 Å². The molecule has 1 aliphatic carbocycles. The average Bonchev–Trinajstić information content (AvgIpc) is 2.43. The lowest BCUT2D eigenvalue weighted by atomic mass is 9.91. The van der Waals surface area contributed by atoms with Crippen LogP contribution in [0.3, 0.4) is 0 Å². The fourth-order valence-corrected chi connectivity index (χ4v) is 2.60. The molecule has 0 radical (unpaired) electrons. The number of allylic oxidation sites excluding steroid dienone is 2. The van der Waals surface area contributed by atoms with Crippen LogP contribution in [0.1, 0.15) is 30.9 Å². The Kier molecular flexibility index (Phi) is 2.89. The highest BCUT2D eigenvalue weighted by atomic mass is 16.4. The standard InChI is InChI=1S/C15H14O5/c16-9-6-10(17)12-11(7-9)20-15(14(19)13(12)18)8-4-2-1-3-5-8/h1-2,6-8,16-17,19H,3-5H2. The van der Waals surface area contributed by atoms with Crippen LogP contribution < -0.4 is 5.43 Å². The van der Waals surface area contributed by atoms with Crippen molar-refractivity contribution in [1.29, 1.82) is 0 Å². The Hall–Kier alpha value is -2.43. The van der Waals surface area contributed by atoms with Crippen molar-refractivity contribution in [2.75, 3.05) is 0 Å². The lowest BCUT2D eigenvalue weighted by molar-refractivity contribution is 0.382. The zero-order chi connectivity index (χ0) is 14.3. The highest BCUT2D eigenvalue weighted by molar-refractivity contribution is 5.85. The number of hydrogen-bond donors (Lipinski definition) is 3. The summed E-state index contributed by atoms with van der Waals surface area (Å²) in [6, 6.07) is 2.31. The van der Waals surface area contributed by atoms with Crippen LogP contribution in [0.2, 0.25) is 0 Å². The van der Waals surface area contributed by atoms with Gasteiger partial charge in [-0.1, -0.05) is 12.2 Å². The lowest BCUT2D eigenvalue weighted by Gasteiger charge is -2.18. The van der Waals surface area contributed by atoms with Crippen molar-refractivity contribution in [2.24, 2.45) is 0 Å². The van der Waals surface area contributed by atoms with Crippen LogP contribution in [0.25, 0.3) is 11.0 Å². The van der Waals surface area contributed by atoms with Crippen molar-refractivity contribution in [3.8, 4) is 17.2 Å². The highest BCUT2D eigenvalue weighted by Gasteiger charge is 2.24. The van der Waals surface area contributed by atoms with Crippen molar-refractivity contribution in [3.63, 3.8) is 0 Å². The second kappa shape index (κ2) is 4.59. The van der Waals surface area contributed by atoms with Crippen molar-refractivity contribution in [3.05, 3.63) is 40.3 Å². The Bertz CT molecular complexity index is 757. The highest BCUT2D eigenvalue weighted by Crippen LogP contribution is 2.37. The lowest BCUT2D eigenvalue weighted by Crippen LogP contribution is -2.09. The molecule has 0 amide bonds. The van der Waals surface area contributed by atoms with E-state index in [-0.39, 0.29) is 28.4 Å². The summed E-state index contributed by atoms with van der Waals surface area (Å²) in [6.45, 7) is 0. The van der Waals surface area contributed by atoms with Gasteiger partial charge in [0, 0.05) is 18.1 Å². The van der Waals surface area contributed by atoms with E-state index in [4.69, 9.17) is 4.42 Å². The van der Waals surface area contributed by atoms with Gasteiger partial charge in [-0.25, -0.2) is 0 Å². The van der Waals surface area contributed by atoms with E-state index in [0.717, 1.165) is 18.9 Å². The predicted molar refractivity (Wildman–Crippen MR) is 73.2 cm³/mol. The molecule has 1 unspecified atom stereocenters. The number of phenols is 2. The van der Waals surface area contributed by atoms with Gasteiger partial charge < -0.3 is 19.7 Å². The summed E-state index contributed by atoms with van der Waals surface area (Å²) in [5.41, 5.74) is -0.594. The van der Waals surface area contributed by atoms with Gasteiger partial charge in [0.25, 0.3) is 0 Å². The van der Waals surface area contributed by atoms with Gasteiger partial charge in [-0.3, -0.25) is 4.79 Å². The van der Waals surface area contributed by atoms with E-state index in [1.807, 2.05) is 12.2 Å². The second-order valence-electron chi connectivity index (χ2n) is 4.96. The molecule has 1 aromatic heterocycles. The molecule has 1 aromatic carbocycles. The number of hydrogen-bond acceptors (Lipinski definition) is 5. The normalized spacial score (nSPS) is 18.5. The molecule has 3 N–H and O–H groups in total. The summed E-state index contributed by atoms with van der Waals surface area (Å²) in [6.07, 6.45) is 6.36. The molecule has 2 aromatic rings. The summed E-state index contributed by atoms with van der Waals surface area (Å²) >= 11 is 0. The van der Waals surface area contributed by atoms with E-state index < -0.39 is 16.9 Å². The monoisotopic (exact) mass is 274 g/mol. The molecule has 1 aliphatic rings. The molecule has 5 heteroatoms. The molecular formula is C15H14O5. The minimum atomic E-state index is -0.673. The van der Waals surface area contributed by atoms with Crippen LogP contribution in [0.4, 0.5) is 0 Å². The predicted octanol–water partition coefficient (Wildman–Crippen LogP) is 2.73. The van der Waals surface area contributed by atoms with Crippen LogP contribution >= 0.6 is 0 Å². The Morgan fingerprint density at radius 2 is 1.95 bits per heavy atom. The number of phenolic OH excluding ortho intramolecular Hbond substituents is 2. The van der Waals surface area contributed by atoms with Gasteiger partial charge in [0.1, 0.15) is 22.5 Å². The second-order valence-corrected chi connectivity index (χ2v) is 4.96. The average molecular weight is 274 g/mol. The largest absolute Gasteiger partial charge is 0.508 e. The summed E-state index contributed by atoms with van der Waals surface area (Å²) < 4.78 is 5.57. The molecule has 0 bridgehead atoms. The summed E-state index contributed by atoms with van der Waals surface area (Å²) in [5.74, 6) is -0.908. The number of rotatable bonds is 1. The minimum absolute atomic E-state index is 0.0680. The number of aromatic hydroxyl groups is 3. The van der Waals surface area contributed by atoms with E-state index >= 15 is 0 Å². The maximum absolute atomic E-state index is 12.2. The summed E-state index contributed by atoms with van der Waals surface area (Å²) in [7, 11) is 0. The maximum Gasteiger partial charge on any atom is 0.238 e. The molecule has 20 heavy (non-hydrogen) atoms. The third-order valence-electron chi connectivity index (χ3n) is 3.60. The molecule has 0 fully saturated rings. The molecule has 104 valence electrons. The van der Waals surface area contributed by atoms with Gasteiger partial charge in [-0.15, -0.1) is 0 Å². The Morgan fingerprint density at radius 3 is 2.65 bits per heavy atom. The molecule has 0 spiro atoms. The zero-order valence-corrected chi connectivity index (χ0v) is 10.7. The minimum Gasteiger partial charge on any atom is -0.508 e. The van der Waals surface area contributed by atoms with E-state index in [1.54, 1.807) is 0 Å². The molecular weight excluding hydrogens is 260 g/mol. The Balaban J connectivity index is 2.27. The van der Waals surface area contributed by atoms with Crippen LogP contribution in [0.5, 0.6) is 17.2 Å². The van der Waals surface area contributed by atoms with E-state index in [1.165, 1.54) is 6.07 Å². The van der Waals surface area contributed by atoms with Crippen LogP contribution in [-0.2, 0) is 0 Å². The molecule has 3 rings (SSSR count). The number of benzene rings is 1. The zero-order valence-electron chi connectivity index (χ0n) is 10.7. The third kappa shape index (κ3) is 1.91. The van der Waals surface area contributed by atoms with Crippen molar-refractivity contribution in [1.82, 2.24) is 0 Å². The molecule has 1 atom stereocenters. The first-order chi connectivity index (χ1) is 9.58. The van der Waals surface area contributed by atoms with Gasteiger partial charge in [0.2, 0.25) is 11.2 Å². The van der Waals surface area contributed by atoms with Crippen molar-refractivity contribution in [2.45, 2.75) is 25.2 Å². The topological polar surface area (TPSA) is 90.9 Å². The molecule has 0 aliphatic heterocycles. The first kappa shape index (κ1) is 12.6. The summed E-state index contributed by atoms with van der Waals surface area (Å²) in [4.78, 5) is 12.2. The first-order valence-electron chi connectivity index (χ1n) is 6.44. The van der Waals surface area contributed by atoms with E-state index in [2.05, 4.69) is 0 Å². The quantitative estimate of drug-likeness (QED) is 0.695. The molecule has 0 saturated carbocycles. The van der Waals surface area contributed by atoms with Gasteiger partial charge >= 0.3 is 0 Å². The fourth-order valence-electron chi connectivity index (χ4n) is 2.60. The van der Waals surface area contributed by atoms with Crippen LogP contribution in [0, 0.1) is 0 Å². The van der Waals surface area contributed by atoms with Crippen molar-refractivity contribution >= 4 is 11.0 Å². The molecule has 0 saturated heterocycles. The maximum atomic E-state index is 12.2. The number of fused-ring (bicyclic) bond motifs is 1. The smallest absolute Gasteiger partial charge is 0.238 e. The van der Waals surface area contributed by atoms with Gasteiger partial charge in [0.15, 0.2) is 5.76 Å². The Labute approximate surface area is 114 Å². The van der Waals surface area contributed by atoms with E-state index in [0.29, 0.717) is 6.42 Å². The Morgan fingerprint density at radius 1 is 1.15 bits per heavy atom. The van der Waals surface area contributed by atoms with Gasteiger partial charge in [-0.05, 0) is 19.3 Å². The molecule has 5 nitrogen and oxygen atoms in total.